The summed E-state index contributed by atoms with van der Waals surface area (Å²) in [6.07, 6.45) is 6.00. The number of benzene rings is 2. The molecule has 2 fully saturated rings. The van der Waals surface area contributed by atoms with Gasteiger partial charge in [-0.25, -0.2) is 0 Å². The van der Waals surface area contributed by atoms with Crippen LogP contribution in [0.2, 0.25) is 0 Å². The molecule has 1 saturated carbocycles. The monoisotopic (exact) mass is 513 g/mol. The summed E-state index contributed by atoms with van der Waals surface area (Å²) in [7, 11) is 1.74. The second-order valence-electron chi connectivity index (χ2n) is 12.1. The first kappa shape index (κ1) is 24.4. The van der Waals surface area contributed by atoms with E-state index < -0.39 is 5.60 Å². The fourth-order valence-electron chi connectivity index (χ4n) is 7.70. The Morgan fingerprint density at radius 3 is 2.74 bits per heavy atom. The number of hydrogen-bond donors (Lipinski definition) is 1. The Labute approximate surface area is 225 Å². The van der Waals surface area contributed by atoms with Gasteiger partial charge in [-0.3, -0.25) is 9.58 Å². The molecule has 4 aliphatic rings. The van der Waals surface area contributed by atoms with Crippen LogP contribution in [-0.4, -0.2) is 58.2 Å². The smallest absolute Gasteiger partial charge is 0.120 e. The third-order valence-corrected chi connectivity index (χ3v) is 9.88. The number of piperidine rings is 1. The fraction of sp³-hybridized carbons (Fsp3) is 0.531. The summed E-state index contributed by atoms with van der Waals surface area (Å²) < 4.78 is 13.9. The summed E-state index contributed by atoms with van der Waals surface area (Å²) in [4.78, 5) is 2.63. The number of rotatable bonds is 8. The van der Waals surface area contributed by atoms with Gasteiger partial charge in [0.25, 0.3) is 0 Å². The molecule has 2 bridgehead atoms. The van der Waals surface area contributed by atoms with Crippen molar-refractivity contribution < 1.29 is 14.6 Å². The zero-order chi connectivity index (χ0) is 25.9. The van der Waals surface area contributed by atoms with E-state index >= 15 is 0 Å². The van der Waals surface area contributed by atoms with Crippen molar-refractivity contribution in [3.63, 3.8) is 0 Å². The van der Waals surface area contributed by atoms with E-state index in [0.29, 0.717) is 19.6 Å². The molecule has 38 heavy (non-hydrogen) atoms. The molecule has 1 aromatic heterocycles. The number of aliphatic hydroxyl groups is 1. The van der Waals surface area contributed by atoms with Crippen molar-refractivity contribution >= 4 is 0 Å². The average Bonchev–Trinajstić information content (AvgIpc) is 3.70. The lowest BCUT2D eigenvalue weighted by molar-refractivity contribution is -0.152. The number of nitrogens with zero attached hydrogens (tertiary/aromatic N) is 3. The Kier molecular flexibility index (Phi) is 5.91. The molecule has 0 spiro atoms. The van der Waals surface area contributed by atoms with Crippen LogP contribution in [0.4, 0.5) is 0 Å². The molecule has 0 amide bonds. The summed E-state index contributed by atoms with van der Waals surface area (Å²) in [5, 5.41) is 17.9. The van der Waals surface area contributed by atoms with Crippen LogP contribution in [0.1, 0.15) is 52.9 Å². The number of likely N-dealkylation sites (tertiary alicyclic amines) is 1. The Morgan fingerprint density at radius 2 is 1.95 bits per heavy atom. The zero-order valence-electron chi connectivity index (χ0n) is 22.7. The minimum atomic E-state index is -0.821. The molecule has 6 heteroatoms. The van der Waals surface area contributed by atoms with Crippen LogP contribution in [0.15, 0.2) is 48.5 Å². The third-order valence-electron chi connectivity index (χ3n) is 9.88. The van der Waals surface area contributed by atoms with Gasteiger partial charge in [-0.15, -0.1) is 0 Å². The maximum atomic E-state index is 12.9. The molecule has 0 unspecified atom stereocenters. The molecule has 1 saturated heterocycles. The largest absolute Gasteiger partial charge is 0.489 e. The highest BCUT2D eigenvalue weighted by molar-refractivity contribution is 5.52. The highest BCUT2D eigenvalue weighted by Gasteiger charge is 2.65. The number of hydrogen-bond acceptors (Lipinski definition) is 5. The van der Waals surface area contributed by atoms with Gasteiger partial charge in [-0.05, 0) is 79.5 Å². The molecule has 1 N–H and O–H groups in total. The first-order chi connectivity index (χ1) is 18.5. The Bertz CT molecular complexity index is 1330. The van der Waals surface area contributed by atoms with Crippen molar-refractivity contribution in [3.05, 3.63) is 82.2 Å². The zero-order valence-corrected chi connectivity index (χ0v) is 22.7. The number of methoxy groups -OCH3 is 1. The summed E-state index contributed by atoms with van der Waals surface area (Å²) in [6.45, 7) is 6.19. The molecule has 1 aliphatic heterocycles. The Balaban J connectivity index is 1.30. The molecule has 3 aliphatic carbocycles. The maximum absolute atomic E-state index is 12.9. The molecule has 3 aromatic rings. The van der Waals surface area contributed by atoms with E-state index in [-0.39, 0.29) is 11.5 Å². The summed E-state index contributed by atoms with van der Waals surface area (Å²) in [5.41, 5.74) is 6.23. The van der Waals surface area contributed by atoms with Gasteiger partial charge in [0.15, 0.2) is 0 Å². The van der Waals surface area contributed by atoms with Crippen LogP contribution >= 0.6 is 0 Å². The second kappa shape index (κ2) is 9.22. The number of ether oxygens (including phenoxy) is 2. The molecule has 2 aromatic carbocycles. The van der Waals surface area contributed by atoms with Crippen LogP contribution in [0.5, 0.6) is 5.75 Å². The van der Waals surface area contributed by atoms with E-state index in [9.17, 15) is 5.11 Å². The second-order valence-corrected chi connectivity index (χ2v) is 12.1. The van der Waals surface area contributed by atoms with E-state index in [0.717, 1.165) is 61.8 Å². The van der Waals surface area contributed by atoms with E-state index in [1.165, 1.54) is 35.2 Å². The van der Waals surface area contributed by atoms with Crippen molar-refractivity contribution in [1.29, 1.82) is 0 Å². The van der Waals surface area contributed by atoms with Gasteiger partial charge >= 0.3 is 0 Å². The van der Waals surface area contributed by atoms with Gasteiger partial charge in [0.1, 0.15) is 12.4 Å². The van der Waals surface area contributed by atoms with Crippen LogP contribution in [0.25, 0.3) is 0 Å². The number of aromatic nitrogens is 2. The van der Waals surface area contributed by atoms with Gasteiger partial charge in [-0.2, -0.15) is 5.10 Å². The molecule has 7 rings (SSSR count). The molecule has 6 nitrogen and oxygen atoms in total. The van der Waals surface area contributed by atoms with Gasteiger partial charge in [-0.1, -0.05) is 36.4 Å². The predicted octanol–water partition coefficient (Wildman–Crippen LogP) is 4.23. The lowest BCUT2D eigenvalue weighted by Crippen LogP contribution is -2.74. The van der Waals surface area contributed by atoms with E-state index in [1.54, 1.807) is 7.11 Å². The first-order valence-corrected chi connectivity index (χ1v) is 14.3. The molecular weight excluding hydrogens is 474 g/mol. The number of fused-ring (bicyclic) bond motifs is 2. The maximum Gasteiger partial charge on any atom is 0.120 e. The Morgan fingerprint density at radius 1 is 1.11 bits per heavy atom. The van der Waals surface area contributed by atoms with Gasteiger partial charge in [0.2, 0.25) is 0 Å². The van der Waals surface area contributed by atoms with Crippen LogP contribution < -0.4 is 4.74 Å². The normalized spacial score (nSPS) is 27.9. The first-order valence-electron chi connectivity index (χ1n) is 14.3. The predicted molar refractivity (Wildman–Crippen MR) is 146 cm³/mol. The SMILES string of the molecule is COCCn1nc(C)c2c1C[C@]13CCN(CC4CC4)[C@H](Cc4ccc(OCc5ccccc5)cc41)[C@]3(O)C2. The van der Waals surface area contributed by atoms with E-state index in [4.69, 9.17) is 14.6 Å². The van der Waals surface area contributed by atoms with Gasteiger partial charge in [0.05, 0.1) is 24.4 Å². The third kappa shape index (κ3) is 3.83. The van der Waals surface area contributed by atoms with Crippen molar-refractivity contribution in [2.75, 3.05) is 26.8 Å². The van der Waals surface area contributed by atoms with Crippen molar-refractivity contribution in [3.8, 4) is 5.75 Å². The van der Waals surface area contributed by atoms with E-state index in [2.05, 4.69) is 59.0 Å². The molecular formula is C32H39N3O3. The van der Waals surface area contributed by atoms with Crippen molar-refractivity contribution in [2.45, 2.75) is 75.7 Å². The standard InChI is InChI=1S/C32H39N3O3/c1-22-27-18-32(36)30-16-25-10-11-26(38-21-24-6-4-3-5-7-24)17-28(25)31(32,12-13-34(30)20-23-8-9-23)19-29(27)35(33-22)14-15-37-2/h3-7,10-11,17,23,30,36H,8-9,12-16,18-21H2,1-2H3/t30-,31-,32-/m1/s1. The summed E-state index contributed by atoms with van der Waals surface area (Å²) in [5.74, 6) is 1.69. The van der Waals surface area contributed by atoms with Gasteiger partial charge in [0, 0.05) is 43.6 Å². The molecule has 3 atom stereocenters. The lowest BCUT2D eigenvalue weighted by Gasteiger charge is -2.63. The average molecular weight is 514 g/mol. The minimum absolute atomic E-state index is 0.135. The molecule has 200 valence electrons. The quantitative estimate of drug-likeness (QED) is 0.489. The van der Waals surface area contributed by atoms with Crippen LogP contribution in [0, 0.1) is 12.8 Å². The molecule has 0 radical (unpaired) electrons. The number of aryl methyl sites for hydroxylation is 1. The minimum Gasteiger partial charge on any atom is -0.489 e. The summed E-state index contributed by atoms with van der Waals surface area (Å²) in [6, 6.07) is 17.1. The fourth-order valence-corrected chi connectivity index (χ4v) is 7.70. The van der Waals surface area contributed by atoms with Crippen LogP contribution in [0.3, 0.4) is 0 Å². The van der Waals surface area contributed by atoms with Gasteiger partial charge < -0.3 is 14.6 Å². The topological polar surface area (TPSA) is 59.8 Å². The van der Waals surface area contributed by atoms with Crippen molar-refractivity contribution in [2.24, 2.45) is 5.92 Å². The summed E-state index contributed by atoms with van der Waals surface area (Å²) >= 11 is 0. The lowest BCUT2D eigenvalue weighted by atomic mass is 9.49. The Hall–Kier alpha value is -2.67. The van der Waals surface area contributed by atoms with E-state index in [1.807, 2.05) is 6.07 Å². The highest BCUT2D eigenvalue weighted by atomic mass is 16.5. The highest BCUT2D eigenvalue weighted by Crippen LogP contribution is 2.58. The van der Waals surface area contributed by atoms with Crippen molar-refractivity contribution in [1.82, 2.24) is 14.7 Å². The molecule has 2 heterocycles. The van der Waals surface area contributed by atoms with Crippen LogP contribution in [-0.2, 0) is 42.6 Å².